The molecule has 0 N–H and O–H groups in total. The lowest BCUT2D eigenvalue weighted by Crippen LogP contribution is -2.23. The monoisotopic (exact) mass is 344 g/mol. The number of hydrogen-bond acceptors (Lipinski definition) is 5. The van der Waals surface area contributed by atoms with Crippen molar-refractivity contribution < 1.29 is 4.79 Å². The van der Waals surface area contributed by atoms with Gasteiger partial charge in [-0.05, 0) is 11.1 Å². The van der Waals surface area contributed by atoms with Crippen molar-refractivity contribution in [1.29, 1.82) is 0 Å². The molecule has 0 atom stereocenters. The van der Waals surface area contributed by atoms with Gasteiger partial charge < -0.3 is 0 Å². The lowest BCUT2D eigenvalue weighted by molar-refractivity contribution is 0.236. The number of aromatic nitrogens is 6. The van der Waals surface area contributed by atoms with Gasteiger partial charge in [0.1, 0.15) is 0 Å². The van der Waals surface area contributed by atoms with Gasteiger partial charge in [0.05, 0.1) is 23.8 Å². The first kappa shape index (κ1) is 15.9. The van der Waals surface area contributed by atoms with E-state index in [-0.39, 0.29) is 0 Å². The lowest BCUT2D eigenvalue weighted by Gasteiger charge is -2.07. The van der Waals surface area contributed by atoms with Gasteiger partial charge in [0.2, 0.25) is 0 Å². The molecule has 0 aliphatic heterocycles. The maximum atomic E-state index is 12.7. The minimum atomic E-state index is -0.403. The van der Waals surface area contributed by atoms with Crippen LogP contribution >= 0.6 is 0 Å². The number of carbonyl (C=O) groups excluding carboxylic acids is 1. The SMILES string of the molecule is O=C(n1ccnn1)n1nnc(Cc2ccccc2)c1Cc1ccccc1. The first-order chi connectivity index (χ1) is 12.8. The first-order valence-electron chi connectivity index (χ1n) is 8.23. The minimum Gasteiger partial charge on any atom is -0.243 e. The largest absolute Gasteiger partial charge is 0.372 e. The van der Waals surface area contributed by atoms with Crippen LogP contribution in [-0.4, -0.2) is 36.0 Å². The molecule has 0 aliphatic carbocycles. The molecule has 0 amide bonds. The normalized spacial score (nSPS) is 10.8. The highest BCUT2D eigenvalue weighted by Crippen LogP contribution is 2.16. The van der Waals surface area contributed by atoms with E-state index >= 15 is 0 Å². The maximum Gasteiger partial charge on any atom is 0.372 e. The molecular formula is C19H16N6O. The number of rotatable bonds is 4. The molecule has 2 aromatic carbocycles. The molecule has 4 aromatic rings. The van der Waals surface area contributed by atoms with Crippen LogP contribution in [0.5, 0.6) is 0 Å². The van der Waals surface area contributed by atoms with E-state index in [4.69, 9.17) is 0 Å². The van der Waals surface area contributed by atoms with Crippen molar-refractivity contribution >= 4 is 6.03 Å². The molecule has 0 unspecified atom stereocenters. The van der Waals surface area contributed by atoms with Gasteiger partial charge >= 0.3 is 6.03 Å². The van der Waals surface area contributed by atoms with Crippen LogP contribution in [0.2, 0.25) is 0 Å². The van der Waals surface area contributed by atoms with Crippen molar-refractivity contribution in [2.45, 2.75) is 12.8 Å². The van der Waals surface area contributed by atoms with Gasteiger partial charge in [-0.15, -0.1) is 10.2 Å². The fourth-order valence-corrected chi connectivity index (χ4v) is 2.79. The number of carbonyl (C=O) groups is 1. The van der Waals surface area contributed by atoms with Crippen LogP contribution in [0.3, 0.4) is 0 Å². The van der Waals surface area contributed by atoms with E-state index in [9.17, 15) is 4.79 Å². The van der Waals surface area contributed by atoms with Crippen LogP contribution in [0.1, 0.15) is 22.5 Å². The van der Waals surface area contributed by atoms with Gasteiger partial charge in [0, 0.05) is 12.8 Å². The van der Waals surface area contributed by atoms with Gasteiger partial charge in [-0.1, -0.05) is 71.1 Å². The summed E-state index contributed by atoms with van der Waals surface area (Å²) < 4.78 is 2.45. The predicted molar refractivity (Wildman–Crippen MR) is 94.7 cm³/mol. The summed E-state index contributed by atoms with van der Waals surface area (Å²) in [6, 6.07) is 19.5. The Morgan fingerprint density at radius 3 is 2.12 bits per heavy atom. The van der Waals surface area contributed by atoms with Gasteiger partial charge in [-0.2, -0.15) is 9.36 Å². The zero-order chi connectivity index (χ0) is 17.8. The highest BCUT2D eigenvalue weighted by Gasteiger charge is 2.20. The van der Waals surface area contributed by atoms with E-state index < -0.39 is 6.03 Å². The van der Waals surface area contributed by atoms with Crippen molar-refractivity contribution in [3.05, 3.63) is 95.6 Å². The Bertz CT molecular complexity index is 993. The van der Waals surface area contributed by atoms with Gasteiger partial charge in [0.25, 0.3) is 0 Å². The smallest absolute Gasteiger partial charge is 0.243 e. The third kappa shape index (κ3) is 3.27. The molecule has 0 saturated carbocycles. The molecule has 0 spiro atoms. The molecule has 2 aromatic heterocycles. The van der Waals surface area contributed by atoms with Gasteiger partial charge in [-0.25, -0.2) is 4.79 Å². The van der Waals surface area contributed by atoms with Gasteiger partial charge in [0.15, 0.2) is 0 Å². The standard InChI is InChI=1S/C19H16N6O/c26-19(24-12-11-20-22-24)25-18(14-16-9-5-2-6-10-16)17(21-23-25)13-15-7-3-1-4-8-15/h1-12H,13-14H2. The van der Waals surface area contributed by atoms with E-state index in [0.29, 0.717) is 12.8 Å². The van der Waals surface area contributed by atoms with E-state index in [0.717, 1.165) is 27.2 Å². The number of benzene rings is 2. The third-order valence-electron chi connectivity index (χ3n) is 4.07. The molecule has 7 heteroatoms. The van der Waals surface area contributed by atoms with E-state index in [1.54, 1.807) is 0 Å². The Hall–Kier alpha value is -3.61. The van der Waals surface area contributed by atoms with E-state index in [1.807, 2.05) is 60.7 Å². The van der Waals surface area contributed by atoms with Crippen LogP contribution in [-0.2, 0) is 12.8 Å². The molecule has 128 valence electrons. The molecule has 0 saturated heterocycles. The minimum absolute atomic E-state index is 0.403. The average molecular weight is 344 g/mol. The summed E-state index contributed by atoms with van der Waals surface area (Å²) in [5, 5.41) is 15.8. The summed E-state index contributed by atoms with van der Waals surface area (Å²) in [5.41, 5.74) is 3.72. The Morgan fingerprint density at radius 2 is 1.50 bits per heavy atom. The summed E-state index contributed by atoms with van der Waals surface area (Å²) >= 11 is 0. The molecule has 4 rings (SSSR count). The second kappa shape index (κ2) is 7.10. The summed E-state index contributed by atoms with van der Waals surface area (Å²) in [6.07, 6.45) is 4.11. The first-order valence-corrected chi connectivity index (χ1v) is 8.23. The third-order valence-corrected chi connectivity index (χ3v) is 4.07. The topological polar surface area (TPSA) is 78.5 Å². The van der Waals surface area contributed by atoms with Crippen LogP contribution in [0, 0.1) is 0 Å². The number of hydrogen-bond donors (Lipinski definition) is 0. The zero-order valence-electron chi connectivity index (χ0n) is 13.9. The highest BCUT2D eigenvalue weighted by atomic mass is 16.2. The Kier molecular flexibility index (Phi) is 4.34. The second-order valence-corrected chi connectivity index (χ2v) is 5.85. The molecule has 2 heterocycles. The molecule has 0 bridgehead atoms. The van der Waals surface area contributed by atoms with Crippen LogP contribution < -0.4 is 0 Å². The highest BCUT2D eigenvalue weighted by molar-refractivity contribution is 5.78. The summed E-state index contributed by atoms with van der Waals surface area (Å²) in [6.45, 7) is 0. The van der Waals surface area contributed by atoms with Crippen molar-refractivity contribution in [1.82, 2.24) is 30.0 Å². The fraction of sp³-hybridized carbons (Fsp3) is 0.105. The fourth-order valence-electron chi connectivity index (χ4n) is 2.79. The van der Waals surface area contributed by atoms with Crippen LogP contribution in [0.25, 0.3) is 0 Å². The molecule has 0 radical (unpaired) electrons. The average Bonchev–Trinajstić information content (AvgIpc) is 3.34. The Morgan fingerprint density at radius 1 is 0.846 bits per heavy atom. The van der Waals surface area contributed by atoms with Crippen molar-refractivity contribution in [3.8, 4) is 0 Å². The van der Waals surface area contributed by atoms with Crippen molar-refractivity contribution in [2.24, 2.45) is 0 Å². The van der Waals surface area contributed by atoms with Crippen LogP contribution in [0.15, 0.2) is 73.1 Å². The van der Waals surface area contributed by atoms with Crippen molar-refractivity contribution in [2.75, 3.05) is 0 Å². The molecule has 26 heavy (non-hydrogen) atoms. The van der Waals surface area contributed by atoms with Gasteiger partial charge in [-0.3, -0.25) is 0 Å². The molecular weight excluding hydrogens is 328 g/mol. The Balaban J connectivity index is 1.73. The van der Waals surface area contributed by atoms with E-state index in [1.165, 1.54) is 17.1 Å². The molecule has 7 nitrogen and oxygen atoms in total. The lowest BCUT2D eigenvalue weighted by atomic mass is 10.0. The summed E-state index contributed by atoms with van der Waals surface area (Å²) in [7, 11) is 0. The summed E-state index contributed by atoms with van der Waals surface area (Å²) in [5.74, 6) is 0. The zero-order valence-corrected chi connectivity index (χ0v) is 13.9. The predicted octanol–water partition coefficient (Wildman–Crippen LogP) is 2.57. The summed E-state index contributed by atoms with van der Waals surface area (Å²) in [4.78, 5) is 12.7. The molecule has 0 fully saturated rings. The quantitative estimate of drug-likeness (QED) is 0.568. The van der Waals surface area contributed by atoms with Crippen molar-refractivity contribution in [3.63, 3.8) is 0 Å². The second-order valence-electron chi connectivity index (χ2n) is 5.85. The Labute approximate surface area is 149 Å². The van der Waals surface area contributed by atoms with Crippen LogP contribution in [0.4, 0.5) is 4.79 Å². The maximum absolute atomic E-state index is 12.7. The number of nitrogens with zero attached hydrogens (tertiary/aromatic N) is 6. The van der Waals surface area contributed by atoms with E-state index in [2.05, 4.69) is 20.6 Å². The molecule has 0 aliphatic rings.